The van der Waals surface area contributed by atoms with Gasteiger partial charge in [0.05, 0.1) is 47.9 Å². The van der Waals surface area contributed by atoms with Crippen molar-refractivity contribution in [2.24, 2.45) is 0 Å². The highest BCUT2D eigenvalue weighted by Crippen LogP contribution is 2.35. The third kappa shape index (κ3) is 4.01. The van der Waals surface area contributed by atoms with Crippen LogP contribution in [0.4, 0.5) is 4.39 Å². The number of piperazine rings is 1. The minimum Gasteiger partial charge on any atom is -0.491 e. The molecule has 0 unspecified atom stereocenters. The summed E-state index contributed by atoms with van der Waals surface area (Å²) in [7, 11) is 5.32. The molecule has 0 aliphatic carbocycles. The Morgan fingerprint density at radius 2 is 1.88 bits per heavy atom. The lowest BCUT2D eigenvalue weighted by molar-refractivity contribution is 0.150. The normalized spacial score (nSPS) is 15.5. The van der Waals surface area contributed by atoms with Gasteiger partial charge in [-0.1, -0.05) is 11.6 Å². The van der Waals surface area contributed by atoms with Gasteiger partial charge in [0, 0.05) is 50.7 Å². The minimum atomic E-state index is -0.540. The Balaban J connectivity index is 1.60. The summed E-state index contributed by atoms with van der Waals surface area (Å²) in [5.41, 5.74) is 3.96. The van der Waals surface area contributed by atoms with Crippen LogP contribution in [-0.4, -0.2) is 83.3 Å². The quantitative estimate of drug-likeness (QED) is 0.462. The summed E-state index contributed by atoms with van der Waals surface area (Å²) < 4.78 is 27.1. The predicted octanol–water partition coefficient (Wildman–Crippen LogP) is 3.64. The van der Waals surface area contributed by atoms with E-state index in [1.807, 2.05) is 18.2 Å². The van der Waals surface area contributed by atoms with Crippen molar-refractivity contribution in [1.82, 2.24) is 29.3 Å². The molecule has 1 fully saturated rings. The van der Waals surface area contributed by atoms with Crippen LogP contribution in [0.15, 0.2) is 24.4 Å². The molecule has 1 saturated heterocycles. The Morgan fingerprint density at radius 3 is 2.61 bits per heavy atom. The molecule has 1 N–H and O–H groups in total. The molecule has 0 bridgehead atoms. The van der Waals surface area contributed by atoms with Gasteiger partial charge >= 0.3 is 0 Å². The van der Waals surface area contributed by atoms with Crippen LogP contribution >= 0.6 is 11.6 Å². The maximum absolute atomic E-state index is 14.0. The first-order chi connectivity index (χ1) is 16.0. The second kappa shape index (κ2) is 8.81. The second-order valence-corrected chi connectivity index (χ2v) is 8.67. The zero-order chi connectivity index (χ0) is 23.1. The number of pyridine rings is 2. The first-order valence-electron chi connectivity index (χ1n) is 10.8. The van der Waals surface area contributed by atoms with Crippen molar-refractivity contribution in [1.29, 1.82) is 0 Å². The molecule has 4 aromatic rings. The number of nitrogens with zero attached hydrogens (tertiary/aromatic N) is 5. The van der Waals surface area contributed by atoms with Crippen LogP contribution in [0.5, 0.6) is 11.6 Å². The molecule has 0 spiro atoms. The highest BCUT2D eigenvalue weighted by atomic mass is 35.5. The second-order valence-electron chi connectivity index (χ2n) is 8.30. The number of H-pyrrole nitrogens is 1. The number of aromatic nitrogens is 4. The number of ether oxygens (including phenoxy) is 2. The van der Waals surface area contributed by atoms with Crippen LogP contribution in [0.25, 0.3) is 33.5 Å². The molecule has 5 rings (SSSR count). The van der Waals surface area contributed by atoms with Gasteiger partial charge in [-0.15, -0.1) is 0 Å². The summed E-state index contributed by atoms with van der Waals surface area (Å²) in [4.78, 5) is 16.9. The third-order valence-electron chi connectivity index (χ3n) is 6.29. The molecule has 0 amide bonds. The van der Waals surface area contributed by atoms with Gasteiger partial charge in [0.2, 0.25) is 0 Å². The number of methoxy groups -OCH3 is 2. The average molecular weight is 473 g/mol. The van der Waals surface area contributed by atoms with Gasteiger partial charge in [-0.2, -0.15) is 0 Å². The largest absolute Gasteiger partial charge is 0.491 e. The number of aromatic amines is 1. The molecule has 0 radical (unpaired) electrons. The highest BCUT2D eigenvalue weighted by molar-refractivity contribution is 6.35. The fourth-order valence-electron chi connectivity index (χ4n) is 4.37. The summed E-state index contributed by atoms with van der Waals surface area (Å²) in [5.74, 6) is 0.455. The molecule has 0 saturated carbocycles. The summed E-state index contributed by atoms with van der Waals surface area (Å²) in [5, 5.41) is 0.606. The molecule has 174 valence electrons. The molecule has 5 heterocycles. The van der Waals surface area contributed by atoms with Crippen LogP contribution in [0.3, 0.4) is 0 Å². The zero-order valence-electron chi connectivity index (χ0n) is 18.9. The number of nitrogens with one attached hydrogen (secondary N) is 1. The van der Waals surface area contributed by atoms with Crippen molar-refractivity contribution in [3.05, 3.63) is 35.2 Å². The fraction of sp³-hybridized carbons (Fsp3) is 0.391. The maximum atomic E-state index is 14.0. The van der Waals surface area contributed by atoms with Crippen molar-refractivity contribution in [2.75, 3.05) is 54.0 Å². The van der Waals surface area contributed by atoms with Crippen molar-refractivity contribution < 1.29 is 13.9 Å². The number of hydrogen-bond donors (Lipinski definition) is 1. The first kappa shape index (κ1) is 21.9. The van der Waals surface area contributed by atoms with E-state index in [1.54, 1.807) is 14.2 Å². The predicted molar refractivity (Wildman–Crippen MR) is 127 cm³/mol. The summed E-state index contributed by atoms with van der Waals surface area (Å²) in [6.45, 7) is 5.84. The third-order valence-corrected chi connectivity index (χ3v) is 6.68. The Kier molecular flexibility index (Phi) is 5.86. The molecule has 0 aromatic carbocycles. The SMILES string of the molecule is COc1cc2c(cc(-c3cc4c(Cl)c(F)cnc4[nH]3)n2CCN2CCN(C)CC2)nc1OC. The van der Waals surface area contributed by atoms with E-state index in [-0.39, 0.29) is 5.02 Å². The Labute approximate surface area is 195 Å². The topological polar surface area (TPSA) is 71.4 Å². The monoisotopic (exact) mass is 472 g/mol. The standard InChI is InChI=1S/C23H26ClFN6O2/c1-29-4-6-30(7-5-29)8-9-31-18(11-17-19(31)12-20(32-2)23(28-17)33-3)16-10-14-21(24)15(25)13-26-22(14)27-16/h10-13H,4-9H2,1-3H3,(H,26,27). The van der Waals surface area contributed by atoms with E-state index < -0.39 is 5.82 Å². The molecular formula is C23H26ClFN6O2. The van der Waals surface area contributed by atoms with E-state index in [0.29, 0.717) is 22.7 Å². The van der Waals surface area contributed by atoms with Crippen LogP contribution in [-0.2, 0) is 6.54 Å². The molecule has 33 heavy (non-hydrogen) atoms. The molecule has 0 atom stereocenters. The van der Waals surface area contributed by atoms with Crippen LogP contribution < -0.4 is 9.47 Å². The minimum absolute atomic E-state index is 0.0593. The zero-order valence-corrected chi connectivity index (χ0v) is 19.6. The van der Waals surface area contributed by atoms with Gasteiger partial charge in [-0.25, -0.2) is 14.4 Å². The number of fused-ring (bicyclic) bond motifs is 2. The summed E-state index contributed by atoms with van der Waals surface area (Å²) in [6, 6.07) is 5.78. The van der Waals surface area contributed by atoms with Gasteiger partial charge < -0.3 is 23.9 Å². The Hall–Kier alpha value is -2.88. The van der Waals surface area contributed by atoms with E-state index in [1.165, 1.54) is 0 Å². The first-order valence-corrected chi connectivity index (χ1v) is 11.2. The van der Waals surface area contributed by atoms with Crippen LogP contribution in [0, 0.1) is 5.82 Å². The van der Waals surface area contributed by atoms with Crippen molar-refractivity contribution in [3.8, 4) is 23.0 Å². The Bertz CT molecular complexity index is 1310. The lowest BCUT2D eigenvalue weighted by Gasteiger charge is -2.32. The van der Waals surface area contributed by atoms with E-state index in [9.17, 15) is 4.39 Å². The van der Waals surface area contributed by atoms with Gasteiger partial charge in [-0.3, -0.25) is 4.90 Å². The molecule has 1 aliphatic heterocycles. The fourth-order valence-corrected chi connectivity index (χ4v) is 4.56. The number of rotatable bonds is 6. The van der Waals surface area contributed by atoms with E-state index >= 15 is 0 Å². The van der Waals surface area contributed by atoms with Crippen molar-refractivity contribution in [3.63, 3.8) is 0 Å². The molecule has 8 nitrogen and oxygen atoms in total. The van der Waals surface area contributed by atoms with Gasteiger partial charge in [0.25, 0.3) is 5.88 Å². The summed E-state index contributed by atoms with van der Waals surface area (Å²) in [6.07, 6.45) is 1.13. The lowest BCUT2D eigenvalue weighted by atomic mass is 10.2. The van der Waals surface area contributed by atoms with Gasteiger partial charge in [0.1, 0.15) is 5.65 Å². The molecule has 1 aliphatic rings. The Morgan fingerprint density at radius 1 is 1.09 bits per heavy atom. The maximum Gasteiger partial charge on any atom is 0.257 e. The van der Waals surface area contributed by atoms with Gasteiger partial charge in [0.15, 0.2) is 11.6 Å². The van der Waals surface area contributed by atoms with E-state index in [0.717, 1.165) is 67.9 Å². The van der Waals surface area contributed by atoms with Crippen LogP contribution in [0.1, 0.15) is 0 Å². The summed E-state index contributed by atoms with van der Waals surface area (Å²) >= 11 is 6.20. The number of likely N-dealkylation sites (N-methyl/N-ethyl adjacent to an activating group) is 1. The number of halogens is 2. The molecule has 10 heteroatoms. The lowest BCUT2D eigenvalue weighted by Crippen LogP contribution is -2.45. The van der Waals surface area contributed by atoms with Gasteiger partial charge in [-0.05, 0) is 19.2 Å². The van der Waals surface area contributed by atoms with Crippen molar-refractivity contribution in [2.45, 2.75) is 6.54 Å². The average Bonchev–Trinajstić information content (AvgIpc) is 3.41. The smallest absolute Gasteiger partial charge is 0.257 e. The van der Waals surface area contributed by atoms with Crippen molar-refractivity contribution >= 4 is 33.7 Å². The van der Waals surface area contributed by atoms with Crippen LogP contribution in [0.2, 0.25) is 5.02 Å². The number of hydrogen-bond acceptors (Lipinski definition) is 6. The van der Waals surface area contributed by atoms with E-state index in [2.05, 4.69) is 36.4 Å². The molecule has 4 aromatic heterocycles. The van der Waals surface area contributed by atoms with E-state index in [4.69, 9.17) is 21.1 Å². The molecular weight excluding hydrogens is 447 g/mol. The highest BCUT2D eigenvalue weighted by Gasteiger charge is 2.20.